The molecule has 0 heterocycles. The van der Waals surface area contributed by atoms with Crippen molar-refractivity contribution >= 4 is 23.2 Å². The lowest BCUT2D eigenvalue weighted by molar-refractivity contribution is -0.153. The van der Waals surface area contributed by atoms with E-state index in [0.29, 0.717) is 12.3 Å². The second kappa shape index (κ2) is 6.91. The van der Waals surface area contributed by atoms with Gasteiger partial charge in [-0.2, -0.15) is 0 Å². The van der Waals surface area contributed by atoms with Crippen LogP contribution in [0.4, 0.5) is 0 Å². The molecular formula is C24H26N2O7. The number of primary amides is 1. The maximum Gasteiger partial charge on any atom is 0.255 e. The highest BCUT2D eigenvalue weighted by Crippen LogP contribution is 2.54. The fourth-order valence-electron chi connectivity index (χ4n) is 6.04. The van der Waals surface area contributed by atoms with E-state index >= 15 is 0 Å². The molecule has 4 aliphatic rings. The number of phenols is 1. The number of benzene rings is 1. The van der Waals surface area contributed by atoms with Crippen LogP contribution in [0, 0.1) is 11.8 Å². The summed E-state index contributed by atoms with van der Waals surface area (Å²) in [4.78, 5) is 40.2. The highest BCUT2D eigenvalue weighted by Gasteiger charge is 2.64. The van der Waals surface area contributed by atoms with E-state index in [0.717, 1.165) is 24.0 Å². The van der Waals surface area contributed by atoms with Crippen LogP contribution in [-0.4, -0.2) is 68.5 Å². The summed E-state index contributed by atoms with van der Waals surface area (Å²) in [7, 11) is 3.16. The Balaban J connectivity index is 1.74. The van der Waals surface area contributed by atoms with Crippen LogP contribution >= 0.6 is 0 Å². The zero-order chi connectivity index (χ0) is 24.0. The second-order valence-electron chi connectivity index (χ2n) is 9.76. The number of ketones is 2. The Morgan fingerprint density at radius 3 is 2.36 bits per heavy atom. The standard InChI is InChI=1S/C24H26N2O7/c1-26(2)18-13-8-10-7-12-11(9-3-4-9)5-6-14(27)16(12)19(28)15(10)21(30)24(13,33)22(31)17(20(18)29)23(25)32/h5-6,9-10,13,18,27-28,31,33H,3-4,7-8H2,1-2H3,(H2,25,32)/t10-,13-,18+,24-/m0/s1. The summed E-state index contributed by atoms with van der Waals surface area (Å²) in [6.45, 7) is 0. The van der Waals surface area contributed by atoms with E-state index in [9.17, 15) is 34.8 Å². The van der Waals surface area contributed by atoms with E-state index in [-0.39, 0.29) is 23.3 Å². The molecule has 6 N–H and O–H groups in total. The second-order valence-corrected chi connectivity index (χ2v) is 9.76. The van der Waals surface area contributed by atoms with Gasteiger partial charge in [0, 0.05) is 11.5 Å². The molecule has 9 heteroatoms. The minimum absolute atomic E-state index is 0.103. The number of Topliss-reactive ketones (excluding diaryl/α,β-unsaturated/α-hetero) is 2. The van der Waals surface area contributed by atoms with Gasteiger partial charge in [0.1, 0.15) is 22.8 Å². The van der Waals surface area contributed by atoms with Crippen LogP contribution in [0.1, 0.15) is 41.9 Å². The molecule has 174 valence electrons. The van der Waals surface area contributed by atoms with Crippen molar-refractivity contribution < 1.29 is 34.8 Å². The number of aliphatic hydroxyl groups excluding tert-OH is 2. The highest BCUT2D eigenvalue weighted by molar-refractivity contribution is 6.24. The van der Waals surface area contributed by atoms with Gasteiger partial charge < -0.3 is 26.2 Å². The van der Waals surface area contributed by atoms with Crippen molar-refractivity contribution in [2.45, 2.75) is 43.2 Å². The van der Waals surface area contributed by atoms with Crippen molar-refractivity contribution in [1.29, 1.82) is 0 Å². The monoisotopic (exact) mass is 454 g/mol. The van der Waals surface area contributed by atoms with Crippen molar-refractivity contribution in [2.24, 2.45) is 17.6 Å². The van der Waals surface area contributed by atoms with Crippen LogP contribution in [-0.2, 0) is 20.8 Å². The van der Waals surface area contributed by atoms with Crippen molar-refractivity contribution in [3.63, 3.8) is 0 Å². The maximum absolute atomic E-state index is 13.7. The molecule has 0 saturated heterocycles. The first-order valence-electron chi connectivity index (χ1n) is 11.0. The number of rotatable bonds is 3. The molecule has 5 rings (SSSR count). The van der Waals surface area contributed by atoms with Crippen LogP contribution in [0.15, 0.2) is 29.0 Å². The molecule has 0 bridgehead atoms. The smallest absolute Gasteiger partial charge is 0.255 e. The fourth-order valence-corrected chi connectivity index (χ4v) is 6.04. The van der Waals surface area contributed by atoms with Crippen LogP contribution < -0.4 is 5.73 Å². The van der Waals surface area contributed by atoms with E-state index < -0.39 is 58.0 Å². The number of nitrogens with zero attached hydrogens (tertiary/aromatic N) is 1. The molecule has 0 unspecified atom stereocenters. The third kappa shape index (κ3) is 2.75. The summed E-state index contributed by atoms with van der Waals surface area (Å²) in [5, 5.41) is 44.0. The van der Waals surface area contributed by atoms with Gasteiger partial charge in [0.15, 0.2) is 11.4 Å². The van der Waals surface area contributed by atoms with Crippen LogP contribution in [0.5, 0.6) is 5.75 Å². The Morgan fingerprint density at radius 1 is 1.12 bits per heavy atom. The van der Waals surface area contributed by atoms with E-state index in [2.05, 4.69) is 0 Å². The van der Waals surface area contributed by atoms with Crippen LogP contribution in [0.25, 0.3) is 5.76 Å². The van der Waals surface area contributed by atoms with Gasteiger partial charge in [0.2, 0.25) is 5.78 Å². The molecule has 0 aliphatic heterocycles. The average molecular weight is 454 g/mol. The first kappa shape index (κ1) is 21.7. The maximum atomic E-state index is 13.7. The molecule has 9 nitrogen and oxygen atoms in total. The van der Waals surface area contributed by atoms with Crippen molar-refractivity contribution in [3.8, 4) is 5.75 Å². The molecule has 0 aromatic heterocycles. The minimum atomic E-state index is -2.60. The zero-order valence-electron chi connectivity index (χ0n) is 18.3. The molecule has 1 amide bonds. The number of aliphatic hydroxyl groups is 3. The van der Waals surface area contributed by atoms with Crippen LogP contribution in [0.2, 0.25) is 0 Å². The number of aromatic hydroxyl groups is 1. The molecule has 2 fully saturated rings. The molecular weight excluding hydrogens is 428 g/mol. The predicted molar refractivity (Wildman–Crippen MR) is 116 cm³/mol. The lowest BCUT2D eigenvalue weighted by atomic mass is 9.57. The lowest BCUT2D eigenvalue weighted by Crippen LogP contribution is -2.65. The number of carbonyl (C=O) groups excluding carboxylic acids is 3. The van der Waals surface area contributed by atoms with Gasteiger partial charge in [-0.25, -0.2) is 0 Å². The Kier molecular flexibility index (Phi) is 4.54. The number of carbonyl (C=O) groups is 3. The van der Waals surface area contributed by atoms with Crippen molar-refractivity contribution in [1.82, 2.24) is 4.90 Å². The average Bonchev–Trinajstić information content (AvgIpc) is 3.55. The van der Waals surface area contributed by atoms with E-state index in [4.69, 9.17) is 5.73 Å². The molecule has 4 atom stereocenters. The van der Waals surface area contributed by atoms with Gasteiger partial charge in [-0.05, 0) is 68.8 Å². The fraction of sp³-hybridized carbons (Fsp3) is 0.458. The first-order valence-corrected chi connectivity index (χ1v) is 11.0. The quantitative estimate of drug-likeness (QED) is 0.420. The topological polar surface area (TPSA) is 161 Å². The summed E-state index contributed by atoms with van der Waals surface area (Å²) in [5.41, 5.74) is 3.73. The minimum Gasteiger partial charge on any atom is -0.508 e. The van der Waals surface area contributed by atoms with Gasteiger partial charge >= 0.3 is 0 Å². The zero-order valence-corrected chi connectivity index (χ0v) is 18.3. The third-order valence-corrected chi connectivity index (χ3v) is 7.66. The summed E-state index contributed by atoms with van der Waals surface area (Å²) < 4.78 is 0. The van der Waals surface area contributed by atoms with Gasteiger partial charge in [-0.15, -0.1) is 0 Å². The predicted octanol–water partition coefficient (Wildman–Crippen LogP) is 0.841. The van der Waals surface area contributed by atoms with E-state index in [1.807, 2.05) is 6.07 Å². The summed E-state index contributed by atoms with van der Waals surface area (Å²) >= 11 is 0. The number of hydrogen-bond donors (Lipinski definition) is 5. The Bertz CT molecular complexity index is 1190. The number of fused-ring (bicyclic) bond motifs is 3. The van der Waals surface area contributed by atoms with Gasteiger partial charge in [0.25, 0.3) is 5.91 Å². The SMILES string of the molecule is CN(C)[C@H]1C(=O)C(C(N)=O)=C(O)[C@@]2(O)C(=O)C3=C(O)c4c(O)ccc(C5CC5)c4C[C@H]3C[C@@H]12. The highest BCUT2D eigenvalue weighted by atomic mass is 16.3. The number of amides is 1. The van der Waals surface area contributed by atoms with Crippen molar-refractivity contribution in [2.75, 3.05) is 14.1 Å². The molecule has 33 heavy (non-hydrogen) atoms. The number of phenolic OH excluding ortho intramolecular Hbond substituents is 1. The number of hydrogen-bond acceptors (Lipinski definition) is 8. The molecule has 0 spiro atoms. The number of nitrogens with two attached hydrogens (primary N) is 1. The molecule has 0 radical (unpaired) electrons. The van der Waals surface area contributed by atoms with E-state index in [1.54, 1.807) is 14.1 Å². The number of likely N-dealkylation sites (N-methyl/N-ethyl adjacent to an activating group) is 1. The van der Waals surface area contributed by atoms with Gasteiger partial charge in [-0.1, -0.05) is 6.07 Å². The molecule has 1 aromatic carbocycles. The van der Waals surface area contributed by atoms with Gasteiger partial charge in [0.05, 0.1) is 11.6 Å². The first-order chi connectivity index (χ1) is 15.5. The third-order valence-electron chi connectivity index (χ3n) is 7.66. The normalized spacial score (nSPS) is 31.5. The molecule has 1 aromatic rings. The molecule has 4 aliphatic carbocycles. The van der Waals surface area contributed by atoms with Crippen LogP contribution in [0.3, 0.4) is 0 Å². The largest absolute Gasteiger partial charge is 0.508 e. The summed E-state index contributed by atoms with van der Waals surface area (Å²) in [6, 6.07) is 2.25. The van der Waals surface area contributed by atoms with Crippen molar-refractivity contribution in [3.05, 3.63) is 45.7 Å². The Labute approximate surface area is 189 Å². The lowest BCUT2D eigenvalue weighted by Gasteiger charge is -2.50. The van der Waals surface area contributed by atoms with E-state index in [1.165, 1.54) is 11.0 Å². The summed E-state index contributed by atoms with van der Waals surface area (Å²) in [6.07, 6.45) is 2.46. The Hall–Kier alpha value is -3.17. The molecule has 2 saturated carbocycles. The Morgan fingerprint density at radius 2 is 1.79 bits per heavy atom. The summed E-state index contributed by atoms with van der Waals surface area (Å²) in [5.74, 6) is -5.94. The van der Waals surface area contributed by atoms with Gasteiger partial charge in [-0.3, -0.25) is 19.3 Å².